The number of hydrogen-bond acceptors (Lipinski definition) is 2. The Kier molecular flexibility index (Phi) is 7.30. The van der Waals surface area contributed by atoms with E-state index in [1.54, 1.807) is 17.0 Å². The summed E-state index contributed by atoms with van der Waals surface area (Å²) in [4.78, 5) is 27.0. The van der Waals surface area contributed by atoms with E-state index >= 15 is 0 Å². The van der Waals surface area contributed by atoms with E-state index in [-0.39, 0.29) is 30.5 Å². The van der Waals surface area contributed by atoms with Gasteiger partial charge in [0.05, 0.1) is 5.56 Å². The van der Waals surface area contributed by atoms with Crippen molar-refractivity contribution in [3.63, 3.8) is 0 Å². The van der Waals surface area contributed by atoms with Gasteiger partial charge in [0.2, 0.25) is 5.91 Å². The summed E-state index contributed by atoms with van der Waals surface area (Å²) in [5.74, 6) is -0.587. The number of nitrogens with one attached hydrogen (secondary N) is 1. The summed E-state index contributed by atoms with van der Waals surface area (Å²) in [6.07, 6.45) is -4.43. The van der Waals surface area contributed by atoms with Crippen LogP contribution in [0, 0.1) is 6.92 Å². The van der Waals surface area contributed by atoms with Gasteiger partial charge in [-0.25, -0.2) is 0 Å². The van der Waals surface area contributed by atoms with Crippen LogP contribution in [0.5, 0.6) is 0 Å². The Labute approximate surface area is 184 Å². The highest BCUT2D eigenvalue weighted by Gasteiger charge is 2.30. The second-order valence-electron chi connectivity index (χ2n) is 7.45. The number of rotatable bonds is 7. The molecule has 4 nitrogen and oxygen atoms in total. The molecule has 0 bridgehead atoms. The van der Waals surface area contributed by atoms with Gasteiger partial charge >= 0.3 is 6.18 Å². The average Bonchev–Trinajstić information content (AvgIpc) is 2.77. The molecule has 32 heavy (non-hydrogen) atoms. The molecule has 0 aromatic heterocycles. The standard InChI is InChI=1S/C25H23F3N2O2/c1-18-7-9-20(10-8-18)24(32)30(17-19-5-3-2-4-6-19)16-15-23(31)29-22-13-11-21(12-14-22)25(26,27)28/h2-14H,15-17H2,1H3,(H,29,31). The third-order valence-corrected chi connectivity index (χ3v) is 4.91. The molecular weight excluding hydrogens is 417 g/mol. The average molecular weight is 440 g/mol. The zero-order chi connectivity index (χ0) is 23.1. The van der Waals surface area contributed by atoms with Gasteiger partial charge in [-0.15, -0.1) is 0 Å². The lowest BCUT2D eigenvalue weighted by Gasteiger charge is -2.23. The number of nitrogens with zero attached hydrogens (tertiary/aromatic N) is 1. The Balaban J connectivity index is 1.66. The second kappa shape index (κ2) is 10.1. The summed E-state index contributed by atoms with van der Waals surface area (Å²) in [7, 11) is 0. The molecule has 0 fully saturated rings. The molecule has 2 amide bonds. The number of alkyl halides is 3. The van der Waals surface area contributed by atoms with E-state index in [2.05, 4.69) is 5.32 Å². The zero-order valence-electron chi connectivity index (χ0n) is 17.5. The molecule has 0 radical (unpaired) electrons. The SMILES string of the molecule is Cc1ccc(C(=O)N(CCC(=O)Nc2ccc(C(F)(F)F)cc2)Cc2ccccc2)cc1. The van der Waals surface area contributed by atoms with Crippen LogP contribution in [0.4, 0.5) is 18.9 Å². The van der Waals surface area contributed by atoms with Gasteiger partial charge in [0.25, 0.3) is 5.91 Å². The number of carbonyl (C=O) groups excluding carboxylic acids is 2. The van der Waals surface area contributed by atoms with Crippen LogP contribution in [-0.4, -0.2) is 23.3 Å². The fraction of sp³-hybridized carbons (Fsp3) is 0.200. The first-order chi connectivity index (χ1) is 15.2. The van der Waals surface area contributed by atoms with Crippen molar-refractivity contribution in [1.82, 2.24) is 4.90 Å². The second-order valence-corrected chi connectivity index (χ2v) is 7.45. The van der Waals surface area contributed by atoms with Crippen molar-refractivity contribution in [2.45, 2.75) is 26.1 Å². The third-order valence-electron chi connectivity index (χ3n) is 4.91. The molecule has 0 saturated heterocycles. The van der Waals surface area contributed by atoms with Crippen LogP contribution in [0.1, 0.15) is 33.5 Å². The minimum absolute atomic E-state index is 0.00541. The smallest absolute Gasteiger partial charge is 0.334 e. The minimum atomic E-state index is -4.43. The fourth-order valence-electron chi connectivity index (χ4n) is 3.14. The molecule has 1 N–H and O–H groups in total. The van der Waals surface area contributed by atoms with Gasteiger partial charge < -0.3 is 10.2 Å². The van der Waals surface area contributed by atoms with Gasteiger partial charge in [0.15, 0.2) is 0 Å². The molecule has 0 aliphatic carbocycles. The molecule has 0 heterocycles. The van der Waals surface area contributed by atoms with Crippen LogP contribution in [0.15, 0.2) is 78.9 Å². The molecule has 3 aromatic carbocycles. The Morgan fingerprint density at radius 1 is 0.875 bits per heavy atom. The fourth-order valence-corrected chi connectivity index (χ4v) is 3.14. The van der Waals surface area contributed by atoms with Crippen molar-refractivity contribution < 1.29 is 22.8 Å². The van der Waals surface area contributed by atoms with E-state index < -0.39 is 11.7 Å². The maximum atomic E-state index is 13.1. The molecule has 0 aliphatic heterocycles. The predicted molar refractivity (Wildman–Crippen MR) is 117 cm³/mol. The highest BCUT2D eigenvalue weighted by molar-refractivity contribution is 5.95. The van der Waals surface area contributed by atoms with Crippen molar-refractivity contribution in [1.29, 1.82) is 0 Å². The Hall–Kier alpha value is -3.61. The number of aryl methyl sites for hydroxylation is 1. The highest BCUT2D eigenvalue weighted by atomic mass is 19.4. The topological polar surface area (TPSA) is 49.4 Å². The van der Waals surface area contributed by atoms with Crippen LogP contribution in [0.25, 0.3) is 0 Å². The number of benzene rings is 3. The van der Waals surface area contributed by atoms with Crippen molar-refractivity contribution in [3.8, 4) is 0 Å². The van der Waals surface area contributed by atoms with Gasteiger partial charge in [-0.1, -0.05) is 48.0 Å². The molecular formula is C25H23F3N2O2. The van der Waals surface area contributed by atoms with E-state index in [0.717, 1.165) is 23.3 Å². The Bertz CT molecular complexity index is 1050. The number of carbonyl (C=O) groups is 2. The van der Waals surface area contributed by atoms with E-state index in [4.69, 9.17) is 0 Å². The molecule has 7 heteroatoms. The van der Waals surface area contributed by atoms with Crippen molar-refractivity contribution in [2.75, 3.05) is 11.9 Å². The first kappa shape index (κ1) is 23.1. The summed E-state index contributed by atoms with van der Waals surface area (Å²) in [5.41, 5.74) is 1.97. The Morgan fingerprint density at radius 2 is 1.50 bits per heavy atom. The summed E-state index contributed by atoms with van der Waals surface area (Å²) in [5, 5.41) is 2.58. The van der Waals surface area contributed by atoms with Gasteiger partial charge in [-0.3, -0.25) is 9.59 Å². The van der Waals surface area contributed by atoms with Gasteiger partial charge in [0.1, 0.15) is 0 Å². The van der Waals surface area contributed by atoms with Crippen LogP contribution in [0.3, 0.4) is 0 Å². The van der Waals surface area contributed by atoms with Crippen LogP contribution >= 0.6 is 0 Å². The monoisotopic (exact) mass is 440 g/mol. The first-order valence-corrected chi connectivity index (χ1v) is 10.1. The highest BCUT2D eigenvalue weighted by Crippen LogP contribution is 2.29. The number of hydrogen-bond donors (Lipinski definition) is 1. The molecule has 0 spiro atoms. The molecule has 0 unspecified atom stereocenters. The first-order valence-electron chi connectivity index (χ1n) is 10.1. The quantitative estimate of drug-likeness (QED) is 0.514. The van der Waals surface area contributed by atoms with Gasteiger partial charge in [-0.2, -0.15) is 13.2 Å². The normalized spacial score (nSPS) is 11.1. The molecule has 166 valence electrons. The Morgan fingerprint density at radius 3 is 2.09 bits per heavy atom. The van der Waals surface area contributed by atoms with E-state index in [1.807, 2.05) is 49.4 Å². The molecule has 3 aromatic rings. The number of halogens is 3. The minimum Gasteiger partial charge on any atom is -0.334 e. The van der Waals surface area contributed by atoms with Crippen LogP contribution in [0.2, 0.25) is 0 Å². The van der Waals surface area contributed by atoms with E-state index in [9.17, 15) is 22.8 Å². The summed E-state index contributed by atoms with van der Waals surface area (Å²) in [6.45, 7) is 2.43. The lowest BCUT2D eigenvalue weighted by Crippen LogP contribution is -2.33. The van der Waals surface area contributed by atoms with Gasteiger partial charge in [-0.05, 0) is 48.9 Å². The van der Waals surface area contributed by atoms with Crippen molar-refractivity contribution in [3.05, 3.63) is 101 Å². The summed E-state index contributed by atoms with van der Waals surface area (Å²) >= 11 is 0. The third kappa shape index (κ3) is 6.44. The lowest BCUT2D eigenvalue weighted by molar-refractivity contribution is -0.137. The zero-order valence-corrected chi connectivity index (χ0v) is 17.5. The van der Waals surface area contributed by atoms with E-state index in [0.29, 0.717) is 12.1 Å². The van der Waals surface area contributed by atoms with Crippen molar-refractivity contribution >= 4 is 17.5 Å². The maximum Gasteiger partial charge on any atom is 0.416 e. The summed E-state index contributed by atoms with van der Waals surface area (Å²) < 4.78 is 38.1. The maximum absolute atomic E-state index is 13.1. The van der Waals surface area contributed by atoms with Gasteiger partial charge in [0, 0.05) is 30.8 Å². The molecule has 0 saturated carbocycles. The van der Waals surface area contributed by atoms with Crippen LogP contribution in [-0.2, 0) is 17.5 Å². The lowest BCUT2D eigenvalue weighted by atomic mass is 10.1. The molecule has 3 rings (SSSR count). The molecule has 0 aliphatic rings. The number of amides is 2. The predicted octanol–water partition coefficient (Wildman–Crippen LogP) is 5.69. The van der Waals surface area contributed by atoms with Crippen LogP contribution < -0.4 is 5.32 Å². The largest absolute Gasteiger partial charge is 0.416 e. The molecule has 0 atom stereocenters. The van der Waals surface area contributed by atoms with Crippen molar-refractivity contribution in [2.24, 2.45) is 0 Å². The summed E-state index contributed by atoms with van der Waals surface area (Å²) in [6, 6.07) is 20.9. The number of anilines is 1. The van der Waals surface area contributed by atoms with E-state index in [1.165, 1.54) is 12.1 Å².